The van der Waals surface area contributed by atoms with Crippen LogP contribution in [0.15, 0.2) is 9.72 Å². The minimum atomic E-state index is -0.142. The maximum atomic E-state index is 12.2. The standard InChI is InChI=1S/C13H18N4OS2/c1-7(11-8(2)16-17(4)9(11)3)14-12(18)10-6-20-13(15-10)19-5/h6-7H,1-5H3,(H,14,18)/t7-/m0/s1. The number of thiazole rings is 1. The topological polar surface area (TPSA) is 59.8 Å². The Hall–Kier alpha value is -1.34. The van der Waals surface area contributed by atoms with E-state index in [2.05, 4.69) is 15.4 Å². The van der Waals surface area contributed by atoms with Crippen molar-refractivity contribution in [2.75, 3.05) is 6.26 Å². The molecule has 2 rings (SSSR count). The summed E-state index contributed by atoms with van der Waals surface area (Å²) in [5.74, 6) is -0.142. The Bertz CT molecular complexity index is 632. The van der Waals surface area contributed by atoms with Gasteiger partial charge in [-0.05, 0) is 27.0 Å². The lowest BCUT2D eigenvalue weighted by Crippen LogP contribution is -2.27. The number of nitrogens with zero attached hydrogens (tertiary/aromatic N) is 3. The molecule has 2 aromatic rings. The first-order valence-corrected chi connectivity index (χ1v) is 8.35. The van der Waals surface area contributed by atoms with Gasteiger partial charge in [-0.1, -0.05) is 11.8 Å². The second-order valence-corrected chi connectivity index (χ2v) is 6.52. The number of aryl methyl sites for hydroxylation is 2. The monoisotopic (exact) mass is 310 g/mol. The van der Waals surface area contributed by atoms with Gasteiger partial charge in [-0.25, -0.2) is 4.98 Å². The normalized spacial score (nSPS) is 12.4. The van der Waals surface area contributed by atoms with Crippen LogP contribution in [0.5, 0.6) is 0 Å². The smallest absolute Gasteiger partial charge is 0.271 e. The van der Waals surface area contributed by atoms with Crippen LogP contribution >= 0.6 is 23.1 Å². The van der Waals surface area contributed by atoms with Gasteiger partial charge >= 0.3 is 0 Å². The molecular formula is C13H18N4OS2. The fourth-order valence-electron chi connectivity index (χ4n) is 2.21. The molecule has 0 bridgehead atoms. The number of hydrogen-bond acceptors (Lipinski definition) is 5. The molecule has 0 aromatic carbocycles. The highest BCUT2D eigenvalue weighted by Gasteiger charge is 2.19. The van der Waals surface area contributed by atoms with Gasteiger partial charge in [-0.3, -0.25) is 9.48 Å². The van der Waals surface area contributed by atoms with E-state index in [1.807, 2.05) is 38.8 Å². The number of hydrogen-bond donors (Lipinski definition) is 1. The molecule has 108 valence electrons. The predicted octanol–water partition coefficient (Wildman–Crippen LogP) is 2.71. The lowest BCUT2D eigenvalue weighted by Gasteiger charge is -2.13. The molecule has 0 saturated heterocycles. The van der Waals surface area contributed by atoms with Crippen LogP contribution in [0.2, 0.25) is 0 Å². The van der Waals surface area contributed by atoms with Crippen LogP contribution in [0.25, 0.3) is 0 Å². The molecule has 1 amide bonds. The van der Waals surface area contributed by atoms with Crippen molar-refractivity contribution in [1.82, 2.24) is 20.1 Å². The molecule has 0 aliphatic rings. The van der Waals surface area contributed by atoms with Crippen molar-refractivity contribution < 1.29 is 4.79 Å². The molecule has 2 heterocycles. The molecule has 7 heteroatoms. The van der Waals surface area contributed by atoms with Crippen molar-refractivity contribution in [1.29, 1.82) is 0 Å². The molecule has 0 radical (unpaired) electrons. The first kappa shape index (κ1) is 15.1. The molecule has 0 unspecified atom stereocenters. The van der Waals surface area contributed by atoms with Gasteiger partial charge in [-0.15, -0.1) is 11.3 Å². The molecule has 0 spiro atoms. The van der Waals surface area contributed by atoms with Crippen LogP contribution in [0.3, 0.4) is 0 Å². The fraction of sp³-hybridized carbons (Fsp3) is 0.462. The van der Waals surface area contributed by atoms with Crippen molar-refractivity contribution >= 4 is 29.0 Å². The number of amides is 1. The van der Waals surface area contributed by atoms with Crippen molar-refractivity contribution in [3.63, 3.8) is 0 Å². The van der Waals surface area contributed by atoms with Crippen LogP contribution in [0.4, 0.5) is 0 Å². The minimum absolute atomic E-state index is 0.0874. The first-order chi connectivity index (χ1) is 9.43. The zero-order valence-corrected chi connectivity index (χ0v) is 13.9. The molecular weight excluding hydrogens is 292 g/mol. The summed E-state index contributed by atoms with van der Waals surface area (Å²) in [6, 6.07) is -0.0874. The molecule has 1 N–H and O–H groups in total. The highest BCUT2D eigenvalue weighted by Crippen LogP contribution is 2.23. The largest absolute Gasteiger partial charge is 0.344 e. The number of thioether (sulfide) groups is 1. The van der Waals surface area contributed by atoms with E-state index in [0.29, 0.717) is 5.69 Å². The Morgan fingerprint density at radius 1 is 1.50 bits per heavy atom. The zero-order chi connectivity index (χ0) is 14.9. The molecule has 1 atom stereocenters. The Balaban J connectivity index is 2.15. The van der Waals surface area contributed by atoms with E-state index in [4.69, 9.17) is 0 Å². The SMILES string of the molecule is CSc1nc(C(=O)N[C@@H](C)c2c(C)nn(C)c2C)cs1. The van der Waals surface area contributed by atoms with Crippen LogP contribution in [0, 0.1) is 13.8 Å². The Morgan fingerprint density at radius 2 is 2.20 bits per heavy atom. The average Bonchev–Trinajstić information content (AvgIpc) is 2.95. The Kier molecular flexibility index (Phi) is 4.49. The van der Waals surface area contributed by atoms with E-state index >= 15 is 0 Å². The van der Waals surface area contributed by atoms with Crippen LogP contribution in [0.1, 0.15) is 40.4 Å². The number of nitrogens with one attached hydrogen (secondary N) is 1. The maximum Gasteiger partial charge on any atom is 0.271 e. The summed E-state index contributed by atoms with van der Waals surface area (Å²) in [5.41, 5.74) is 3.56. The molecule has 2 aromatic heterocycles. The third-order valence-electron chi connectivity index (χ3n) is 3.24. The van der Waals surface area contributed by atoms with E-state index in [0.717, 1.165) is 21.3 Å². The summed E-state index contributed by atoms with van der Waals surface area (Å²) in [5, 5.41) is 9.15. The van der Waals surface area contributed by atoms with Gasteiger partial charge in [-0.2, -0.15) is 5.10 Å². The van der Waals surface area contributed by atoms with E-state index < -0.39 is 0 Å². The second-order valence-electron chi connectivity index (χ2n) is 4.61. The van der Waals surface area contributed by atoms with Crippen molar-refractivity contribution in [2.24, 2.45) is 7.05 Å². The Morgan fingerprint density at radius 3 is 2.70 bits per heavy atom. The van der Waals surface area contributed by atoms with E-state index in [9.17, 15) is 4.79 Å². The van der Waals surface area contributed by atoms with Gasteiger partial charge in [0.2, 0.25) is 0 Å². The van der Waals surface area contributed by atoms with Gasteiger partial charge in [0.15, 0.2) is 0 Å². The lowest BCUT2D eigenvalue weighted by molar-refractivity contribution is 0.0935. The average molecular weight is 310 g/mol. The third kappa shape index (κ3) is 2.88. The zero-order valence-electron chi connectivity index (χ0n) is 12.2. The number of carbonyl (C=O) groups is 1. The van der Waals surface area contributed by atoms with Crippen LogP contribution in [-0.4, -0.2) is 26.9 Å². The molecule has 0 fully saturated rings. The van der Waals surface area contributed by atoms with E-state index in [-0.39, 0.29) is 11.9 Å². The van der Waals surface area contributed by atoms with Crippen molar-refractivity contribution in [2.45, 2.75) is 31.2 Å². The molecule has 0 saturated carbocycles. The number of rotatable bonds is 4. The summed E-state index contributed by atoms with van der Waals surface area (Å²) in [7, 11) is 1.91. The lowest BCUT2D eigenvalue weighted by atomic mass is 10.1. The molecule has 0 aliphatic carbocycles. The molecule has 20 heavy (non-hydrogen) atoms. The summed E-state index contributed by atoms with van der Waals surface area (Å²) in [4.78, 5) is 16.5. The van der Waals surface area contributed by atoms with Gasteiger partial charge in [0.05, 0.1) is 11.7 Å². The molecule has 5 nitrogen and oxygen atoms in total. The summed E-state index contributed by atoms with van der Waals surface area (Å²) >= 11 is 3.03. The van der Waals surface area contributed by atoms with Gasteiger partial charge in [0.1, 0.15) is 10.0 Å². The summed E-state index contributed by atoms with van der Waals surface area (Å²) in [6.07, 6.45) is 1.95. The predicted molar refractivity (Wildman–Crippen MR) is 82.5 cm³/mol. The van der Waals surface area contributed by atoms with Crippen molar-refractivity contribution in [3.05, 3.63) is 28.0 Å². The van der Waals surface area contributed by atoms with E-state index in [1.54, 1.807) is 17.1 Å². The van der Waals surface area contributed by atoms with Crippen LogP contribution < -0.4 is 5.32 Å². The van der Waals surface area contributed by atoms with Crippen molar-refractivity contribution in [3.8, 4) is 0 Å². The van der Waals surface area contributed by atoms with Gasteiger partial charge in [0.25, 0.3) is 5.91 Å². The maximum absolute atomic E-state index is 12.2. The van der Waals surface area contributed by atoms with E-state index in [1.165, 1.54) is 11.3 Å². The number of carbonyl (C=O) groups excluding carboxylic acids is 1. The summed E-state index contributed by atoms with van der Waals surface area (Å²) < 4.78 is 2.73. The van der Waals surface area contributed by atoms with Crippen LogP contribution in [-0.2, 0) is 7.05 Å². The highest BCUT2D eigenvalue weighted by molar-refractivity contribution is 8.00. The summed E-state index contributed by atoms with van der Waals surface area (Å²) in [6.45, 7) is 5.93. The fourth-order valence-corrected chi connectivity index (χ4v) is 3.46. The quantitative estimate of drug-likeness (QED) is 0.882. The molecule has 0 aliphatic heterocycles. The minimum Gasteiger partial charge on any atom is -0.344 e. The van der Waals surface area contributed by atoms with Gasteiger partial charge in [0, 0.05) is 23.7 Å². The highest BCUT2D eigenvalue weighted by atomic mass is 32.2. The number of aromatic nitrogens is 3. The Labute approximate surface area is 126 Å². The second kappa shape index (κ2) is 5.97. The first-order valence-electron chi connectivity index (χ1n) is 6.24. The third-order valence-corrected chi connectivity index (χ3v) is 5.10. The van der Waals surface area contributed by atoms with Gasteiger partial charge < -0.3 is 5.32 Å².